The molecule has 0 radical (unpaired) electrons. The number of hydrogen-bond donors (Lipinski definition) is 2. The Balaban J connectivity index is 0.00000300. The van der Waals surface area contributed by atoms with Gasteiger partial charge in [-0.15, -0.1) is 24.0 Å². The van der Waals surface area contributed by atoms with Crippen LogP contribution in [0.15, 0.2) is 41.4 Å². The second-order valence-electron chi connectivity index (χ2n) is 6.28. The van der Waals surface area contributed by atoms with Crippen molar-refractivity contribution in [2.45, 2.75) is 26.5 Å². The number of hydrogen-bond acceptors (Lipinski definition) is 4. The minimum atomic E-state index is -2.92. The van der Waals surface area contributed by atoms with Crippen LogP contribution in [0.5, 0.6) is 17.2 Å². The molecule has 1 aliphatic rings. The average Bonchev–Trinajstić information content (AvgIpc) is 3.12. The van der Waals surface area contributed by atoms with Gasteiger partial charge < -0.3 is 24.8 Å². The van der Waals surface area contributed by atoms with Crippen LogP contribution in [-0.2, 0) is 13.0 Å². The molecular weight excluding hydrogens is 495 g/mol. The fraction of sp³-hybridized carbons (Fsp3) is 0.350. The number of alkyl halides is 2. The second kappa shape index (κ2) is 11.0. The monoisotopic (exact) mass is 519 g/mol. The minimum absolute atomic E-state index is 0. The fourth-order valence-electron chi connectivity index (χ4n) is 2.79. The summed E-state index contributed by atoms with van der Waals surface area (Å²) in [6, 6.07) is 11.4. The van der Waals surface area contributed by atoms with Crippen molar-refractivity contribution in [3.63, 3.8) is 0 Å². The van der Waals surface area contributed by atoms with Gasteiger partial charge in [-0.25, -0.2) is 0 Å². The van der Waals surface area contributed by atoms with Crippen molar-refractivity contribution in [2.24, 2.45) is 4.99 Å². The first-order valence-electron chi connectivity index (χ1n) is 8.92. The van der Waals surface area contributed by atoms with E-state index in [-0.39, 0.29) is 43.1 Å². The van der Waals surface area contributed by atoms with E-state index >= 15 is 0 Å². The summed E-state index contributed by atoms with van der Waals surface area (Å²) in [6.45, 7) is 0.108. The standard InChI is InChI=1S/C20H23F2N3O3.HI/c1-13-3-5-14(6-4-13)7-8-24-20(23-2)25-11-15-9-17-18(27-12-26-17)10-16(15)28-19(21)22;/h3-6,9-10,19H,7-8,11-12H2,1-2H3,(H2,23,24,25);1H. The van der Waals surface area contributed by atoms with E-state index in [4.69, 9.17) is 9.47 Å². The molecule has 2 aromatic rings. The highest BCUT2D eigenvalue weighted by Crippen LogP contribution is 2.38. The van der Waals surface area contributed by atoms with Gasteiger partial charge >= 0.3 is 6.61 Å². The highest BCUT2D eigenvalue weighted by Gasteiger charge is 2.20. The molecule has 158 valence electrons. The molecule has 0 aliphatic carbocycles. The van der Waals surface area contributed by atoms with Gasteiger partial charge in [-0.2, -0.15) is 8.78 Å². The zero-order valence-corrected chi connectivity index (χ0v) is 18.5. The van der Waals surface area contributed by atoms with Gasteiger partial charge in [0.05, 0.1) is 0 Å². The molecule has 1 aliphatic heterocycles. The number of benzene rings is 2. The Morgan fingerprint density at radius 2 is 1.83 bits per heavy atom. The number of nitrogens with one attached hydrogen (secondary N) is 2. The molecule has 2 N–H and O–H groups in total. The second-order valence-corrected chi connectivity index (χ2v) is 6.28. The highest BCUT2D eigenvalue weighted by atomic mass is 127. The van der Waals surface area contributed by atoms with Crippen LogP contribution in [0.2, 0.25) is 0 Å². The molecule has 0 spiro atoms. The van der Waals surface area contributed by atoms with Crippen molar-refractivity contribution in [2.75, 3.05) is 20.4 Å². The maximum absolute atomic E-state index is 12.7. The summed E-state index contributed by atoms with van der Waals surface area (Å²) in [5.41, 5.74) is 2.96. The number of aliphatic imine (C=N–C) groups is 1. The largest absolute Gasteiger partial charge is 0.454 e. The summed E-state index contributed by atoms with van der Waals surface area (Å²) in [5.74, 6) is 1.50. The van der Waals surface area contributed by atoms with E-state index in [0.717, 1.165) is 6.42 Å². The summed E-state index contributed by atoms with van der Waals surface area (Å²) >= 11 is 0. The normalized spacial score (nSPS) is 12.5. The van der Waals surface area contributed by atoms with Crippen LogP contribution < -0.4 is 24.8 Å². The van der Waals surface area contributed by atoms with Crippen LogP contribution >= 0.6 is 24.0 Å². The van der Waals surface area contributed by atoms with Gasteiger partial charge in [-0.1, -0.05) is 29.8 Å². The molecular formula is C20H24F2IN3O3. The van der Waals surface area contributed by atoms with Gasteiger partial charge in [0.1, 0.15) is 5.75 Å². The summed E-state index contributed by atoms with van der Waals surface area (Å²) in [7, 11) is 1.65. The van der Waals surface area contributed by atoms with E-state index in [1.165, 1.54) is 17.2 Å². The zero-order valence-electron chi connectivity index (χ0n) is 16.2. The fourth-order valence-corrected chi connectivity index (χ4v) is 2.79. The summed E-state index contributed by atoms with van der Waals surface area (Å²) in [5, 5.41) is 6.31. The lowest BCUT2D eigenvalue weighted by atomic mass is 10.1. The van der Waals surface area contributed by atoms with Crippen LogP contribution in [0.25, 0.3) is 0 Å². The van der Waals surface area contributed by atoms with Crippen molar-refractivity contribution < 1.29 is 23.0 Å². The van der Waals surface area contributed by atoms with Gasteiger partial charge in [0, 0.05) is 31.8 Å². The molecule has 0 unspecified atom stereocenters. The molecule has 0 aromatic heterocycles. The zero-order chi connectivity index (χ0) is 19.9. The molecule has 3 rings (SSSR count). The molecule has 0 amide bonds. The molecule has 1 heterocycles. The van der Waals surface area contributed by atoms with E-state index in [1.807, 2.05) is 0 Å². The molecule has 6 nitrogen and oxygen atoms in total. The van der Waals surface area contributed by atoms with Crippen molar-refractivity contribution in [3.8, 4) is 17.2 Å². The van der Waals surface area contributed by atoms with E-state index < -0.39 is 6.61 Å². The summed E-state index contributed by atoms with van der Waals surface area (Å²) < 4.78 is 40.6. The van der Waals surface area contributed by atoms with Gasteiger partial charge in [-0.3, -0.25) is 4.99 Å². The smallest absolute Gasteiger partial charge is 0.387 e. The summed E-state index contributed by atoms with van der Waals surface area (Å²) in [4.78, 5) is 4.16. The number of halogens is 3. The number of ether oxygens (including phenoxy) is 3. The minimum Gasteiger partial charge on any atom is -0.454 e. The van der Waals surface area contributed by atoms with Gasteiger partial charge in [0.25, 0.3) is 0 Å². The maximum Gasteiger partial charge on any atom is 0.387 e. The van der Waals surface area contributed by atoms with Crippen LogP contribution in [0.4, 0.5) is 8.78 Å². The molecule has 0 saturated carbocycles. The van der Waals surface area contributed by atoms with Gasteiger partial charge in [-0.05, 0) is 25.0 Å². The molecule has 0 bridgehead atoms. The Morgan fingerprint density at radius 1 is 1.14 bits per heavy atom. The number of rotatable bonds is 7. The van der Waals surface area contributed by atoms with E-state index in [9.17, 15) is 8.78 Å². The Hall–Kier alpha value is -2.30. The van der Waals surface area contributed by atoms with E-state index in [0.29, 0.717) is 29.6 Å². The summed E-state index contributed by atoms with van der Waals surface area (Å²) in [6.07, 6.45) is 0.838. The lowest BCUT2D eigenvalue weighted by molar-refractivity contribution is -0.0505. The Labute approximate surface area is 185 Å². The number of aryl methyl sites for hydroxylation is 1. The highest BCUT2D eigenvalue weighted by molar-refractivity contribution is 14.0. The molecule has 0 atom stereocenters. The van der Waals surface area contributed by atoms with Crippen LogP contribution in [0.3, 0.4) is 0 Å². The van der Waals surface area contributed by atoms with Gasteiger partial charge in [0.2, 0.25) is 6.79 Å². The predicted molar refractivity (Wildman–Crippen MR) is 118 cm³/mol. The van der Waals surface area contributed by atoms with Crippen LogP contribution in [0.1, 0.15) is 16.7 Å². The van der Waals surface area contributed by atoms with Crippen molar-refractivity contribution in [1.29, 1.82) is 0 Å². The molecule has 2 aromatic carbocycles. The first-order valence-corrected chi connectivity index (χ1v) is 8.92. The SMILES string of the molecule is CN=C(NCCc1ccc(C)cc1)NCc1cc2c(cc1OC(F)F)OCO2.I. The molecule has 9 heteroatoms. The van der Waals surface area contributed by atoms with Gasteiger partial charge in [0.15, 0.2) is 17.5 Å². The number of guanidine groups is 1. The third-order valence-electron chi connectivity index (χ3n) is 4.27. The predicted octanol–water partition coefficient (Wildman–Crippen LogP) is 3.85. The van der Waals surface area contributed by atoms with E-state index in [1.54, 1.807) is 13.1 Å². The van der Waals surface area contributed by atoms with Crippen molar-refractivity contribution in [1.82, 2.24) is 10.6 Å². The van der Waals surface area contributed by atoms with Crippen molar-refractivity contribution in [3.05, 3.63) is 53.1 Å². The lowest BCUT2D eigenvalue weighted by Crippen LogP contribution is -2.38. The Kier molecular flexibility index (Phi) is 8.74. The first kappa shape index (κ1) is 23.0. The Morgan fingerprint density at radius 3 is 2.48 bits per heavy atom. The van der Waals surface area contributed by atoms with Crippen molar-refractivity contribution >= 4 is 29.9 Å². The quantitative estimate of drug-likeness (QED) is 0.331. The lowest BCUT2D eigenvalue weighted by Gasteiger charge is -2.15. The van der Waals surface area contributed by atoms with Crippen LogP contribution in [0, 0.1) is 6.92 Å². The maximum atomic E-state index is 12.7. The third kappa shape index (κ3) is 6.62. The first-order chi connectivity index (χ1) is 13.5. The van der Waals surface area contributed by atoms with E-state index in [2.05, 4.69) is 51.6 Å². The Bertz CT molecular complexity index is 832. The third-order valence-corrected chi connectivity index (χ3v) is 4.27. The number of fused-ring (bicyclic) bond motifs is 1. The molecule has 29 heavy (non-hydrogen) atoms. The molecule has 0 saturated heterocycles. The topological polar surface area (TPSA) is 64.1 Å². The average molecular weight is 519 g/mol. The molecule has 0 fully saturated rings. The van der Waals surface area contributed by atoms with Crippen LogP contribution in [-0.4, -0.2) is 33.0 Å². The number of nitrogens with zero attached hydrogens (tertiary/aromatic N) is 1.